The zero-order chi connectivity index (χ0) is 10.9. The summed E-state index contributed by atoms with van der Waals surface area (Å²) < 4.78 is 0.994. The summed E-state index contributed by atoms with van der Waals surface area (Å²) in [6.07, 6.45) is 3.40. The molecule has 2 rings (SSSR count). The van der Waals surface area contributed by atoms with Crippen molar-refractivity contribution in [2.45, 2.75) is 31.7 Å². The van der Waals surface area contributed by atoms with Crippen molar-refractivity contribution < 1.29 is 4.79 Å². The Balaban J connectivity index is 2.04. The maximum atomic E-state index is 11.8. The summed E-state index contributed by atoms with van der Waals surface area (Å²) in [6.45, 7) is 2.10. The van der Waals surface area contributed by atoms with Crippen molar-refractivity contribution in [1.29, 1.82) is 0 Å². The number of carbonyl (C=O) groups is 1. The van der Waals surface area contributed by atoms with Crippen LogP contribution < -0.4 is 5.32 Å². The lowest BCUT2D eigenvalue weighted by atomic mass is 9.78. The SMILES string of the molecule is CC1(NC(=O)c2ccc(Br)cc2)CCC1. The van der Waals surface area contributed by atoms with E-state index in [-0.39, 0.29) is 11.4 Å². The van der Waals surface area contributed by atoms with Crippen LogP contribution in [0.4, 0.5) is 0 Å². The molecule has 3 heteroatoms. The predicted molar refractivity (Wildman–Crippen MR) is 63.9 cm³/mol. The van der Waals surface area contributed by atoms with Gasteiger partial charge in [-0.05, 0) is 50.5 Å². The minimum atomic E-state index is 0.0319. The molecule has 0 aliphatic heterocycles. The summed E-state index contributed by atoms with van der Waals surface area (Å²) in [5, 5.41) is 3.07. The maximum Gasteiger partial charge on any atom is 0.251 e. The maximum absolute atomic E-state index is 11.8. The van der Waals surface area contributed by atoms with Crippen LogP contribution in [0.1, 0.15) is 36.5 Å². The molecule has 1 aliphatic rings. The average molecular weight is 268 g/mol. The van der Waals surface area contributed by atoms with Gasteiger partial charge in [-0.3, -0.25) is 4.79 Å². The summed E-state index contributed by atoms with van der Waals surface area (Å²) in [6, 6.07) is 7.44. The van der Waals surface area contributed by atoms with Crippen LogP contribution in [0, 0.1) is 0 Å². The minimum Gasteiger partial charge on any atom is -0.347 e. The molecule has 0 saturated heterocycles. The predicted octanol–water partition coefficient (Wildman–Crippen LogP) is 3.12. The molecule has 1 fully saturated rings. The van der Waals surface area contributed by atoms with Crippen LogP contribution in [-0.4, -0.2) is 11.4 Å². The molecule has 0 spiro atoms. The van der Waals surface area contributed by atoms with Gasteiger partial charge >= 0.3 is 0 Å². The molecular formula is C12H14BrNO. The molecule has 15 heavy (non-hydrogen) atoms. The molecule has 0 radical (unpaired) electrons. The fraction of sp³-hybridized carbons (Fsp3) is 0.417. The van der Waals surface area contributed by atoms with Crippen LogP contribution in [-0.2, 0) is 0 Å². The molecule has 2 nitrogen and oxygen atoms in total. The molecule has 0 aromatic heterocycles. The highest BCUT2D eigenvalue weighted by atomic mass is 79.9. The van der Waals surface area contributed by atoms with E-state index in [9.17, 15) is 4.79 Å². The molecular weight excluding hydrogens is 254 g/mol. The van der Waals surface area contributed by atoms with Gasteiger partial charge in [-0.15, -0.1) is 0 Å². The normalized spacial score (nSPS) is 18.0. The Morgan fingerprint density at radius 2 is 1.93 bits per heavy atom. The molecule has 1 saturated carbocycles. The number of amides is 1. The summed E-state index contributed by atoms with van der Waals surface area (Å²) in [5.41, 5.74) is 0.760. The van der Waals surface area contributed by atoms with E-state index in [1.165, 1.54) is 6.42 Å². The van der Waals surface area contributed by atoms with E-state index in [0.717, 1.165) is 22.9 Å². The van der Waals surface area contributed by atoms with Crippen LogP contribution in [0.2, 0.25) is 0 Å². The van der Waals surface area contributed by atoms with Crippen molar-refractivity contribution in [3.63, 3.8) is 0 Å². The van der Waals surface area contributed by atoms with E-state index in [2.05, 4.69) is 28.2 Å². The van der Waals surface area contributed by atoms with Crippen molar-refractivity contribution in [3.05, 3.63) is 34.3 Å². The van der Waals surface area contributed by atoms with E-state index in [4.69, 9.17) is 0 Å². The molecule has 80 valence electrons. The lowest BCUT2D eigenvalue weighted by Crippen LogP contribution is -2.50. The summed E-state index contributed by atoms with van der Waals surface area (Å²) in [5.74, 6) is 0.0321. The number of nitrogens with one attached hydrogen (secondary N) is 1. The second kappa shape index (κ2) is 3.97. The van der Waals surface area contributed by atoms with Crippen molar-refractivity contribution in [1.82, 2.24) is 5.32 Å². The third kappa shape index (κ3) is 2.40. The van der Waals surface area contributed by atoms with Crippen molar-refractivity contribution in [2.75, 3.05) is 0 Å². The average Bonchev–Trinajstić information content (AvgIpc) is 2.16. The smallest absolute Gasteiger partial charge is 0.251 e. The quantitative estimate of drug-likeness (QED) is 0.877. The standard InChI is InChI=1S/C12H14BrNO/c1-12(7-2-8-12)14-11(15)9-3-5-10(13)6-4-9/h3-6H,2,7-8H2,1H3,(H,14,15). The third-order valence-electron chi connectivity index (χ3n) is 2.98. The Labute approximate surface area is 98.2 Å². The second-order valence-corrected chi connectivity index (χ2v) is 5.29. The van der Waals surface area contributed by atoms with Gasteiger partial charge in [-0.1, -0.05) is 15.9 Å². The number of rotatable bonds is 2. The minimum absolute atomic E-state index is 0.0319. The lowest BCUT2D eigenvalue weighted by molar-refractivity contribution is 0.0850. The molecule has 1 aliphatic carbocycles. The van der Waals surface area contributed by atoms with Gasteiger partial charge in [-0.2, -0.15) is 0 Å². The third-order valence-corrected chi connectivity index (χ3v) is 3.51. The Bertz CT molecular complexity index is 368. The lowest BCUT2D eigenvalue weighted by Gasteiger charge is -2.39. The van der Waals surface area contributed by atoms with E-state index in [1.807, 2.05) is 24.3 Å². The molecule has 0 bridgehead atoms. The van der Waals surface area contributed by atoms with Gasteiger partial charge in [0.15, 0.2) is 0 Å². The first-order chi connectivity index (χ1) is 7.09. The molecule has 1 amide bonds. The first-order valence-electron chi connectivity index (χ1n) is 5.17. The highest BCUT2D eigenvalue weighted by molar-refractivity contribution is 9.10. The van der Waals surface area contributed by atoms with Crippen LogP contribution in [0.15, 0.2) is 28.7 Å². The van der Waals surface area contributed by atoms with Gasteiger partial charge in [0.25, 0.3) is 5.91 Å². The molecule has 0 heterocycles. The highest BCUT2D eigenvalue weighted by Gasteiger charge is 2.33. The summed E-state index contributed by atoms with van der Waals surface area (Å²) in [4.78, 5) is 11.8. The number of hydrogen-bond acceptors (Lipinski definition) is 1. The van der Waals surface area contributed by atoms with Crippen LogP contribution in [0.5, 0.6) is 0 Å². The monoisotopic (exact) mass is 267 g/mol. The Kier molecular flexibility index (Phi) is 2.83. The summed E-state index contributed by atoms with van der Waals surface area (Å²) in [7, 11) is 0. The molecule has 1 aromatic carbocycles. The van der Waals surface area contributed by atoms with Crippen LogP contribution in [0.3, 0.4) is 0 Å². The van der Waals surface area contributed by atoms with Gasteiger partial charge in [0.1, 0.15) is 0 Å². The van der Waals surface area contributed by atoms with Gasteiger partial charge < -0.3 is 5.32 Å². The summed E-state index contributed by atoms with van der Waals surface area (Å²) >= 11 is 3.35. The zero-order valence-corrected chi connectivity index (χ0v) is 10.3. The molecule has 0 unspecified atom stereocenters. The first-order valence-corrected chi connectivity index (χ1v) is 5.96. The van der Waals surface area contributed by atoms with Crippen molar-refractivity contribution in [2.24, 2.45) is 0 Å². The van der Waals surface area contributed by atoms with Crippen LogP contribution in [0.25, 0.3) is 0 Å². The number of carbonyl (C=O) groups excluding carboxylic acids is 1. The second-order valence-electron chi connectivity index (χ2n) is 4.38. The Hall–Kier alpha value is -0.830. The molecule has 0 atom stereocenters. The van der Waals surface area contributed by atoms with E-state index < -0.39 is 0 Å². The van der Waals surface area contributed by atoms with E-state index >= 15 is 0 Å². The number of benzene rings is 1. The fourth-order valence-electron chi connectivity index (χ4n) is 1.78. The van der Waals surface area contributed by atoms with E-state index in [0.29, 0.717) is 0 Å². The highest BCUT2D eigenvalue weighted by Crippen LogP contribution is 2.31. The van der Waals surface area contributed by atoms with Crippen molar-refractivity contribution >= 4 is 21.8 Å². The number of hydrogen-bond donors (Lipinski definition) is 1. The topological polar surface area (TPSA) is 29.1 Å². The molecule has 1 aromatic rings. The van der Waals surface area contributed by atoms with E-state index in [1.54, 1.807) is 0 Å². The van der Waals surface area contributed by atoms with Gasteiger partial charge in [-0.25, -0.2) is 0 Å². The fourth-order valence-corrected chi connectivity index (χ4v) is 2.04. The zero-order valence-electron chi connectivity index (χ0n) is 8.72. The largest absolute Gasteiger partial charge is 0.347 e. The van der Waals surface area contributed by atoms with Crippen molar-refractivity contribution in [3.8, 4) is 0 Å². The first kappa shape index (κ1) is 10.7. The van der Waals surface area contributed by atoms with Crippen LogP contribution >= 0.6 is 15.9 Å². The van der Waals surface area contributed by atoms with Gasteiger partial charge in [0, 0.05) is 15.6 Å². The Morgan fingerprint density at radius 3 is 2.40 bits per heavy atom. The Morgan fingerprint density at radius 1 is 1.33 bits per heavy atom. The number of halogens is 1. The molecule has 1 N–H and O–H groups in total. The van der Waals surface area contributed by atoms with Gasteiger partial charge in [0.2, 0.25) is 0 Å². The van der Waals surface area contributed by atoms with Gasteiger partial charge in [0.05, 0.1) is 0 Å².